The maximum Gasteiger partial charge on any atom is 0.333 e. The van der Waals surface area contributed by atoms with Gasteiger partial charge in [0.1, 0.15) is 0 Å². The summed E-state index contributed by atoms with van der Waals surface area (Å²) in [5.41, 5.74) is 1.77. The molecule has 100 valence electrons. The lowest BCUT2D eigenvalue weighted by Crippen LogP contribution is -2.36. The SMILES string of the molecule is Cc1ccc(S(=O)(=O)NC[C@H](O)C(=O)O)cc1C. The predicted molar refractivity (Wildman–Crippen MR) is 64.7 cm³/mol. The molecule has 0 fully saturated rings. The van der Waals surface area contributed by atoms with Gasteiger partial charge in [-0.05, 0) is 37.1 Å². The van der Waals surface area contributed by atoms with Crippen molar-refractivity contribution in [1.82, 2.24) is 4.72 Å². The number of nitrogens with one attached hydrogen (secondary N) is 1. The number of carbonyl (C=O) groups is 1. The first kappa shape index (κ1) is 14.6. The zero-order chi connectivity index (χ0) is 13.9. The smallest absolute Gasteiger partial charge is 0.333 e. The monoisotopic (exact) mass is 273 g/mol. The fourth-order valence-corrected chi connectivity index (χ4v) is 2.36. The Bertz CT molecular complexity index is 553. The minimum atomic E-state index is -3.80. The number of carboxylic acids is 1. The quantitative estimate of drug-likeness (QED) is 0.702. The van der Waals surface area contributed by atoms with Gasteiger partial charge >= 0.3 is 5.97 Å². The molecule has 7 heteroatoms. The van der Waals surface area contributed by atoms with Gasteiger partial charge in [0.05, 0.1) is 4.90 Å². The molecule has 1 aromatic rings. The van der Waals surface area contributed by atoms with Crippen LogP contribution in [0.4, 0.5) is 0 Å². The van der Waals surface area contributed by atoms with Crippen molar-refractivity contribution in [2.24, 2.45) is 0 Å². The normalized spacial score (nSPS) is 13.3. The molecule has 3 N–H and O–H groups in total. The molecule has 0 aliphatic heterocycles. The molecule has 0 spiro atoms. The Balaban J connectivity index is 2.87. The van der Waals surface area contributed by atoms with Crippen LogP contribution in [0.1, 0.15) is 11.1 Å². The van der Waals surface area contributed by atoms with Gasteiger partial charge in [0.2, 0.25) is 10.0 Å². The van der Waals surface area contributed by atoms with Crippen molar-refractivity contribution < 1.29 is 23.4 Å². The topological polar surface area (TPSA) is 104 Å². The van der Waals surface area contributed by atoms with E-state index in [4.69, 9.17) is 10.2 Å². The van der Waals surface area contributed by atoms with Crippen molar-refractivity contribution in [3.05, 3.63) is 29.3 Å². The zero-order valence-corrected chi connectivity index (χ0v) is 10.9. The lowest BCUT2D eigenvalue weighted by molar-refractivity contribution is -0.146. The van der Waals surface area contributed by atoms with Crippen molar-refractivity contribution in [2.75, 3.05) is 6.54 Å². The molecule has 0 aromatic heterocycles. The molecule has 0 aliphatic rings. The molecular formula is C11H15NO5S. The Hall–Kier alpha value is -1.44. The minimum Gasteiger partial charge on any atom is -0.479 e. The van der Waals surface area contributed by atoms with E-state index in [1.54, 1.807) is 13.0 Å². The standard InChI is InChI=1S/C11H15NO5S/c1-7-3-4-9(5-8(7)2)18(16,17)12-6-10(13)11(14)15/h3-5,10,12-13H,6H2,1-2H3,(H,14,15)/t10-/m0/s1. The molecule has 0 saturated heterocycles. The summed E-state index contributed by atoms with van der Waals surface area (Å²) in [6, 6.07) is 4.58. The Kier molecular flexibility index (Phi) is 4.44. The highest BCUT2D eigenvalue weighted by Gasteiger charge is 2.19. The van der Waals surface area contributed by atoms with Crippen molar-refractivity contribution >= 4 is 16.0 Å². The van der Waals surface area contributed by atoms with Crippen molar-refractivity contribution in [3.63, 3.8) is 0 Å². The molecule has 1 rings (SSSR count). The van der Waals surface area contributed by atoms with Crippen LogP contribution in [0.3, 0.4) is 0 Å². The third-order valence-electron chi connectivity index (χ3n) is 2.54. The second kappa shape index (κ2) is 5.47. The number of aliphatic carboxylic acids is 1. The summed E-state index contributed by atoms with van der Waals surface area (Å²) in [5, 5.41) is 17.5. The van der Waals surface area contributed by atoms with Gasteiger partial charge in [0.25, 0.3) is 0 Å². The average molecular weight is 273 g/mol. The maximum atomic E-state index is 11.8. The number of aryl methyl sites for hydroxylation is 2. The first-order valence-electron chi connectivity index (χ1n) is 5.22. The van der Waals surface area contributed by atoms with E-state index >= 15 is 0 Å². The van der Waals surface area contributed by atoms with E-state index in [2.05, 4.69) is 0 Å². The highest BCUT2D eigenvalue weighted by Crippen LogP contribution is 2.14. The second-order valence-corrected chi connectivity index (χ2v) is 5.72. The van der Waals surface area contributed by atoms with E-state index in [1.807, 2.05) is 11.6 Å². The summed E-state index contributed by atoms with van der Waals surface area (Å²) >= 11 is 0. The number of carboxylic acid groups (broad SMARTS) is 1. The van der Waals surface area contributed by atoms with Gasteiger partial charge in [-0.15, -0.1) is 0 Å². The third kappa shape index (κ3) is 3.52. The molecule has 0 amide bonds. The minimum absolute atomic E-state index is 0.0446. The van der Waals surface area contributed by atoms with Gasteiger partial charge in [-0.25, -0.2) is 17.9 Å². The Labute approximate surface area is 105 Å². The molecule has 0 unspecified atom stereocenters. The van der Waals surface area contributed by atoms with Gasteiger partial charge in [0.15, 0.2) is 6.10 Å². The van der Waals surface area contributed by atoms with Crippen LogP contribution in [0.2, 0.25) is 0 Å². The Morgan fingerprint density at radius 1 is 1.33 bits per heavy atom. The van der Waals surface area contributed by atoms with Gasteiger partial charge in [-0.1, -0.05) is 6.07 Å². The van der Waals surface area contributed by atoms with E-state index in [1.165, 1.54) is 12.1 Å². The van der Waals surface area contributed by atoms with E-state index in [-0.39, 0.29) is 4.90 Å². The van der Waals surface area contributed by atoms with Crippen molar-refractivity contribution in [1.29, 1.82) is 0 Å². The summed E-state index contributed by atoms with van der Waals surface area (Å²) in [4.78, 5) is 10.4. The van der Waals surface area contributed by atoms with Crippen LogP contribution in [-0.2, 0) is 14.8 Å². The van der Waals surface area contributed by atoms with Crippen LogP contribution in [0.5, 0.6) is 0 Å². The molecule has 0 aliphatic carbocycles. The number of aliphatic hydroxyl groups is 1. The molecule has 0 radical (unpaired) electrons. The molecule has 1 aromatic carbocycles. The zero-order valence-electron chi connectivity index (χ0n) is 10.0. The van der Waals surface area contributed by atoms with E-state index in [0.29, 0.717) is 0 Å². The van der Waals surface area contributed by atoms with Gasteiger partial charge < -0.3 is 10.2 Å². The summed E-state index contributed by atoms with van der Waals surface area (Å²) in [6.07, 6.45) is -1.76. The highest BCUT2D eigenvalue weighted by molar-refractivity contribution is 7.89. The van der Waals surface area contributed by atoms with Crippen LogP contribution in [0, 0.1) is 13.8 Å². The third-order valence-corrected chi connectivity index (χ3v) is 3.96. The van der Waals surface area contributed by atoms with Crippen molar-refractivity contribution in [3.8, 4) is 0 Å². The number of aliphatic hydroxyl groups excluding tert-OH is 1. The molecule has 0 saturated carbocycles. The maximum absolute atomic E-state index is 11.8. The first-order valence-corrected chi connectivity index (χ1v) is 6.70. The summed E-state index contributed by atoms with van der Waals surface area (Å²) in [7, 11) is -3.80. The number of sulfonamides is 1. The lowest BCUT2D eigenvalue weighted by Gasteiger charge is -2.10. The predicted octanol–water partition coefficient (Wildman–Crippen LogP) is 0.0272. The van der Waals surface area contributed by atoms with Crippen LogP contribution in [0.25, 0.3) is 0 Å². The van der Waals surface area contributed by atoms with Gasteiger partial charge in [0, 0.05) is 6.54 Å². The fraction of sp³-hybridized carbons (Fsp3) is 0.364. The molecule has 6 nitrogen and oxygen atoms in total. The highest BCUT2D eigenvalue weighted by atomic mass is 32.2. The molecule has 18 heavy (non-hydrogen) atoms. The van der Waals surface area contributed by atoms with E-state index in [0.717, 1.165) is 11.1 Å². The summed E-state index contributed by atoms with van der Waals surface area (Å²) in [6.45, 7) is 3.07. The van der Waals surface area contributed by atoms with E-state index < -0.39 is 28.6 Å². The summed E-state index contributed by atoms with van der Waals surface area (Å²) in [5.74, 6) is -1.47. The Morgan fingerprint density at radius 3 is 2.44 bits per heavy atom. The molecule has 0 bridgehead atoms. The number of hydrogen-bond donors (Lipinski definition) is 3. The van der Waals surface area contributed by atoms with Crippen LogP contribution in [0.15, 0.2) is 23.1 Å². The van der Waals surface area contributed by atoms with Crippen LogP contribution >= 0.6 is 0 Å². The average Bonchev–Trinajstić information content (AvgIpc) is 2.29. The lowest BCUT2D eigenvalue weighted by atomic mass is 10.1. The van der Waals surface area contributed by atoms with E-state index in [9.17, 15) is 13.2 Å². The van der Waals surface area contributed by atoms with Gasteiger partial charge in [-0.3, -0.25) is 0 Å². The number of hydrogen-bond acceptors (Lipinski definition) is 4. The van der Waals surface area contributed by atoms with Crippen LogP contribution < -0.4 is 4.72 Å². The van der Waals surface area contributed by atoms with Gasteiger partial charge in [-0.2, -0.15) is 0 Å². The number of rotatable bonds is 5. The fourth-order valence-electron chi connectivity index (χ4n) is 1.24. The second-order valence-electron chi connectivity index (χ2n) is 3.95. The molecule has 0 heterocycles. The number of benzene rings is 1. The van der Waals surface area contributed by atoms with Crippen LogP contribution in [-0.4, -0.2) is 37.2 Å². The molecular weight excluding hydrogens is 258 g/mol. The largest absolute Gasteiger partial charge is 0.479 e. The Morgan fingerprint density at radius 2 is 1.94 bits per heavy atom. The van der Waals surface area contributed by atoms with Crippen molar-refractivity contribution in [2.45, 2.75) is 24.8 Å². The molecule has 1 atom stereocenters. The summed E-state index contributed by atoms with van der Waals surface area (Å²) < 4.78 is 25.7. The first-order chi connectivity index (χ1) is 8.24.